The molecule has 190 valence electrons. The molecular formula is C28H27N3O5S. The number of nitrogens with one attached hydrogen (secondary N) is 1. The number of amides is 1. The van der Waals surface area contributed by atoms with Gasteiger partial charge in [-0.05, 0) is 53.1 Å². The number of rotatable bonds is 9. The molecule has 4 aromatic rings. The fourth-order valence-electron chi connectivity index (χ4n) is 3.96. The minimum Gasteiger partial charge on any atom is -0.507 e. The van der Waals surface area contributed by atoms with E-state index < -0.39 is 22.5 Å². The molecule has 0 heterocycles. The molecule has 0 aromatic heterocycles. The van der Waals surface area contributed by atoms with Crippen molar-refractivity contribution in [3.63, 3.8) is 0 Å². The number of ether oxygens (including phenoxy) is 1. The summed E-state index contributed by atoms with van der Waals surface area (Å²) in [5.41, 5.74) is 4.22. The molecule has 8 nitrogen and oxygen atoms in total. The summed E-state index contributed by atoms with van der Waals surface area (Å²) in [6.45, 7) is 1.29. The lowest BCUT2D eigenvalue weighted by Crippen LogP contribution is -2.39. The molecule has 0 atom stereocenters. The summed E-state index contributed by atoms with van der Waals surface area (Å²) in [6.07, 6.45) is 1.35. The Morgan fingerprint density at radius 1 is 1.03 bits per heavy atom. The van der Waals surface area contributed by atoms with Crippen LogP contribution < -0.4 is 10.2 Å². The maximum Gasteiger partial charge on any atom is 0.255 e. The van der Waals surface area contributed by atoms with E-state index in [1.165, 1.54) is 25.5 Å². The highest BCUT2D eigenvalue weighted by Crippen LogP contribution is 2.26. The van der Waals surface area contributed by atoms with Crippen molar-refractivity contribution in [3.8, 4) is 11.5 Å². The highest BCUT2D eigenvalue weighted by Gasteiger charge is 2.27. The van der Waals surface area contributed by atoms with Crippen molar-refractivity contribution in [2.75, 3.05) is 13.7 Å². The van der Waals surface area contributed by atoms with E-state index in [0.717, 1.165) is 20.6 Å². The summed E-state index contributed by atoms with van der Waals surface area (Å²) in [5, 5.41) is 15.9. The number of hydrazone groups is 1. The predicted octanol–water partition coefficient (Wildman–Crippen LogP) is 4.20. The normalized spacial score (nSPS) is 11.8. The smallest absolute Gasteiger partial charge is 0.255 e. The van der Waals surface area contributed by atoms with Crippen LogP contribution in [0.25, 0.3) is 10.8 Å². The van der Waals surface area contributed by atoms with Gasteiger partial charge >= 0.3 is 0 Å². The number of benzene rings is 4. The number of phenols is 1. The molecular weight excluding hydrogens is 490 g/mol. The number of aromatic hydroxyl groups is 1. The number of nitrogens with zero attached hydrogens (tertiary/aromatic N) is 2. The monoisotopic (exact) mass is 517 g/mol. The number of carbonyl (C=O) groups is 1. The van der Waals surface area contributed by atoms with Crippen molar-refractivity contribution in [1.82, 2.24) is 9.73 Å². The molecule has 4 rings (SSSR count). The average molecular weight is 518 g/mol. The number of carbonyl (C=O) groups excluding carboxylic acids is 1. The lowest BCUT2D eigenvalue weighted by atomic mass is 10.0. The van der Waals surface area contributed by atoms with Crippen molar-refractivity contribution >= 4 is 32.9 Å². The molecule has 0 saturated carbocycles. The Hall–Kier alpha value is -4.21. The molecule has 0 aliphatic rings. The van der Waals surface area contributed by atoms with E-state index in [1.54, 1.807) is 49.4 Å². The second-order valence-corrected chi connectivity index (χ2v) is 10.3. The van der Waals surface area contributed by atoms with Gasteiger partial charge in [0, 0.05) is 12.1 Å². The van der Waals surface area contributed by atoms with Gasteiger partial charge in [0.2, 0.25) is 10.0 Å². The van der Waals surface area contributed by atoms with E-state index in [2.05, 4.69) is 10.5 Å². The van der Waals surface area contributed by atoms with Crippen LogP contribution in [0.2, 0.25) is 0 Å². The summed E-state index contributed by atoms with van der Waals surface area (Å²) < 4.78 is 33.4. The van der Waals surface area contributed by atoms with Crippen LogP contribution in [0.3, 0.4) is 0 Å². The van der Waals surface area contributed by atoms with Gasteiger partial charge in [0.25, 0.3) is 5.91 Å². The van der Waals surface area contributed by atoms with Crippen LogP contribution in [-0.2, 0) is 21.4 Å². The van der Waals surface area contributed by atoms with Crippen molar-refractivity contribution in [2.24, 2.45) is 5.10 Å². The number of methoxy groups -OCH3 is 1. The first-order chi connectivity index (χ1) is 17.8. The zero-order valence-electron chi connectivity index (χ0n) is 20.5. The van der Waals surface area contributed by atoms with E-state index in [1.807, 2.05) is 30.3 Å². The summed E-state index contributed by atoms with van der Waals surface area (Å²) in [4.78, 5) is 12.9. The molecule has 0 radical (unpaired) electrons. The van der Waals surface area contributed by atoms with Gasteiger partial charge < -0.3 is 9.84 Å². The van der Waals surface area contributed by atoms with Gasteiger partial charge in [-0.15, -0.1) is 0 Å². The van der Waals surface area contributed by atoms with Gasteiger partial charge in [-0.1, -0.05) is 60.7 Å². The summed E-state index contributed by atoms with van der Waals surface area (Å²) in [6, 6.07) is 24.4. The van der Waals surface area contributed by atoms with Crippen LogP contribution in [0, 0.1) is 6.92 Å². The molecule has 2 N–H and O–H groups in total. The van der Waals surface area contributed by atoms with E-state index in [0.29, 0.717) is 16.9 Å². The highest BCUT2D eigenvalue weighted by atomic mass is 32.2. The van der Waals surface area contributed by atoms with Gasteiger partial charge in [-0.25, -0.2) is 13.8 Å². The first-order valence-electron chi connectivity index (χ1n) is 11.5. The molecule has 0 aliphatic heterocycles. The Kier molecular flexibility index (Phi) is 7.86. The lowest BCUT2D eigenvalue weighted by Gasteiger charge is -2.22. The maximum absolute atomic E-state index is 13.5. The van der Waals surface area contributed by atoms with Crippen molar-refractivity contribution in [2.45, 2.75) is 18.4 Å². The number of hydrogen-bond donors (Lipinski definition) is 2. The topological polar surface area (TPSA) is 108 Å². The minimum atomic E-state index is -4.03. The van der Waals surface area contributed by atoms with Crippen LogP contribution in [0.5, 0.6) is 11.5 Å². The standard InChI is InChI=1S/C28H27N3O5S/c1-20-16-23(13-15-27(20)36-2)37(34,35)31(18-21-8-4-3-5-9-21)19-28(33)30-29-17-25-24-11-7-6-10-22(24)12-14-26(25)32/h3-17,32H,18-19H2,1-2H3,(H,30,33)/b29-17+. The zero-order chi connectivity index (χ0) is 26.4. The molecule has 1 amide bonds. The molecule has 0 bridgehead atoms. The molecule has 4 aromatic carbocycles. The Morgan fingerprint density at radius 3 is 2.49 bits per heavy atom. The van der Waals surface area contributed by atoms with Crippen molar-refractivity contribution in [3.05, 3.63) is 102 Å². The van der Waals surface area contributed by atoms with Crippen molar-refractivity contribution in [1.29, 1.82) is 0 Å². The molecule has 0 fully saturated rings. The fraction of sp³-hybridized carbons (Fsp3) is 0.143. The van der Waals surface area contributed by atoms with E-state index >= 15 is 0 Å². The molecule has 37 heavy (non-hydrogen) atoms. The van der Waals surface area contributed by atoms with Crippen LogP contribution >= 0.6 is 0 Å². The van der Waals surface area contributed by atoms with Crippen molar-refractivity contribution < 1.29 is 23.1 Å². The predicted molar refractivity (Wildman–Crippen MR) is 143 cm³/mol. The van der Waals surface area contributed by atoms with Crippen LogP contribution in [0.1, 0.15) is 16.7 Å². The maximum atomic E-state index is 13.5. The van der Waals surface area contributed by atoms with Gasteiger partial charge in [-0.2, -0.15) is 9.41 Å². The van der Waals surface area contributed by atoms with Gasteiger partial charge in [-0.3, -0.25) is 4.79 Å². The largest absolute Gasteiger partial charge is 0.507 e. The lowest BCUT2D eigenvalue weighted by molar-refractivity contribution is -0.121. The van der Waals surface area contributed by atoms with E-state index in [9.17, 15) is 18.3 Å². The third-order valence-corrected chi connectivity index (χ3v) is 7.64. The van der Waals surface area contributed by atoms with Crippen LogP contribution in [-0.4, -0.2) is 43.6 Å². The van der Waals surface area contributed by atoms with Gasteiger partial charge in [0.05, 0.1) is 24.8 Å². The molecule has 9 heteroatoms. The first kappa shape index (κ1) is 25.9. The zero-order valence-corrected chi connectivity index (χ0v) is 21.3. The van der Waals surface area contributed by atoms with E-state index in [-0.39, 0.29) is 17.2 Å². The fourth-order valence-corrected chi connectivity index (χ4v) is 5.43. The van der Waals surface area contributed by atoms with E-state index in [4.69, 9.17) is 4.74 Å². The Balaban J connectivity index is 1.57. The van der Waals surface area contributed by atoms with Gasteiger partial charge in [0.1, 0.15) is 11.5 Å². The Labute approximate surface area is 215 Å². The average Bonchev–Trinajstić information content (AvgIpc) is 2.90. The first-order valence-corrected chi connectivity index (χ1v) is 12.9. The number of aryl methyl sites for hydroxylation is 1. The number of fused-ring (bicyclic) bond motifs is 1. The Morgan fingerprint density at radius 2 is 1.76 bits per heavy atom. The third-order valence-electron chi connectivity index (χ3n) is 5.86. The highest BCUT2D eigenvalue weighted by molar-refractivity contribution is 7.89. The molecule has 0 saturated heterocycles. The summed E-state index contributed by atoms with van der Waals surface area (Å²) in [5.74, 6) is -0.0436. The number of hydrogen-bond acceptors (Lipinski definition) is 6. The SMILES string of the molecule is COc1ccc(S(=O)(=O)N(CC(=O)N/N=C/c2c(O)ccc3ccccc23)Cc2ccccc2)cc1C. The molecule has 0 spiro atoms. The quantitative estimate of drug-likeness (QED) is 0.256. The second kappa shape index (κ2) is 11.2. The van der Waals surface area contributed by atoms with Crippen LogP contribution in [0.4, 0.5) is 0 Å². The van der Waals surface area contributed by atoms with Crippen LogP contribution in [0.15, 0.2) is 94.9 Å². The number of phenolic OH excluding ortho intramolecular Hbond substituents is 1. The minimum absolute atomic E-state index is 0.00447. The summed E-state index contributed by atoms with van der Waals surface area (Å²) in [7, 11) is -2.51. The summed E-state index contributed by atoms with van der Waals surface area (Å²) >= 11 is 0. The van der Waals surface area contributed by atoms with Gasteiger partial charge in [0.15, 0.2) is 0 Å². The third kappa shape index (κ3) is 5.96. The number of sulfonamides is 1. The molecule has 0 aliphatic carbocycles. The Bertz CT molecular complexity index is 1550. The molecule has 0 unspecified atom stereocenters. The second-order valence-electron chi connectivity index (χ2n) is 8.40.